The largest absolute Gasteiger partial charge is 0.489 e. The quantitative estimate of drug-likeness (QED) is 0.0980. The molecular weight excluding hydrogens is 709 g/mol. The van der Waals surface area contributed by atoms with E-state index in [0.717, 1.165) is 44.5 Å². The minimum Gasteiger partial charge on any atom is -0.489 e. The van der Waals surface area contributed by atoms with Crippen LogP contribution in [-0.2, 0) is 37.8 Å². The van der Waals surface area contributed by atoms with Gasteiger partial charge in [-0.1, -0.05) is 158 Å². The molecule has 8 rings (SSSR count). The Morgan fingerprint density at radius 3 is 1.39 bits per heavy atom. The minimum atomic E-state index is -0.616. The third kappa shape index (κ3) is 9.49. The molecule has 57 heavy (non-hydrogen) atoms. The molecule has 284 valence electrons. The van der Waals surface area contributed by atoms with Crippen molar-refractivity contribution in [3.8, 4) is 28.7 Å². The molecule has 0 spiro atoms. The van der Waals surface area contributed by atoms with Crippen molar-refractivity contribution in [1.29, 1.82) is 0 Å². The number of benzene rings is 7. The average Bonchev–Trinajstić information content (AvgIpc) is 3.27. The second-order valence-electron chi connectivity index (χ2n) is 13.9. The molecule has 0 radical (unpaired) electrons. The predicted molar refractivity (Wildman–Crippen MR) is 223 cm³/mol. The normalized spacial score (nSPS) is 13.1. The first-order chi connectivity index (χ1) is 28.2. The standard InChI is InChI=1S/C51H44O6/c1-37-44(27-28-46(53-33-39-19-9-3-10-20-39)50(37)56-36-42-25-15-6-16-26-42)51-49(55-35-41-23-13-5-14-24-41)31-45-47(54-34-40-21-11-4-12-22-40)29-43(30-48(45)57-51)52-32-38-17-7-2-8-18-38/h2-31,51H,32-36H2,1H3. The Labute approximate surface area is 334 Å². The smallest absolute Gasteiger partial charge is 0.181 e. The van der Waals surface area contributed by atoms with E-state index in [0.29, 0.717) is 67.5 Å². The maximum absolute atomic E-state index is 7.02. The highest BCUT2D eigenvalue weighted by Crippen LogP contribution is 2.47. The first kappa shape index (κ1) is 37.0. The van der Waals surface area contributed by atoms with Crippen molar-refractivity contribution >= 4 is 6.08 Å². The van der Waals surface area contributed by atoms with E-state index in [1.807, 2.05) is 153 Å². The molecule has 1 heterocycles. The zero-order valence-corrected chi connectivity index (χ0v) is 31.9. The number of ether oxygens (including phenoxy) is 6. The summed E-state index contributed by atoms with van der Waals surface area (Å²) in [5.41, 5.74) is 7.82. The van der Waals surface area contributed by atoms with Crippen LogP contribution in [-0.4, -0.2) is 0 Å². The van der Waals surface area contributed by atoms with Gasteiger partial charge in [0.15, 0.2) is 17.6 Å². The summed E-state index contributed by atoms with van der Waals surface area (Å²) in [6, 6.07) is 58.5. The van der Waals surface area contributed by atoms with Crippen LogP contribution in [0.3, 0.4) is 0 Å². The third-order valence-corrected chi connectivity index (χ3v) is 9.76. The van der Waals surface area contributed by atoms with Crippen molar-refractivity contribution in [2.24, 2.45) is 0 Å². The number of rotatable bonds is 16. The van der Waals surface area contributed by atoms with Crippen LogP contribution in [0.2, 0.25) is 0 Å². The van der Waals surface area contributed by atoms with Crippen LogP contribution in [0.15, 0.2) is 182 Å². The summed E-state index contributed by atoms with van der Waals surface area (Å²) < 4.78 is 39.7. The van der Waals surface area contributed by atoms with Crippen molar-refractivity contribution < 1.29 is 28.4 Å². The Morgan fingerprint density at radius 1 is 0.439 bits per heavy atom. The van der Waals surface area contributed by atoms with E-state index in [9.17, 15) is 0 Å². The zero-order valence-electron chi connectivity index (χ0n) is 31.9. The van der Waals surface area contributed by atoms with Gasteiger partial charge < -0.3 is 28.4 Å². The lowest BCUT2D eigenvalue weighted by Gasteiger charge is -2.30. The van der Waals surface area contributed by atoms with Gasteiger partial charge in [0.25, 0.3) is 0 Å². The van der Waals surface area contributed by atoms with Gasteiger partial charge in [0, 0.05) is 23.3 Å². The van der Waals surface area contributed by atoms with Gasteiger partial charge in [-0.15, -0.1) is 0 Å². The third-order valence-electron chi connectivity index (χ3n) is 9.76. The maximum atomic E-state index is 7.02. The van der Waals surface area contributed by atoms with Crippen molar-refractivity contribution in [1.82, 2.24) is 0 Å². The molecule has 7 aromatic carbocycles. The van der Waals surface area contributed by atoms with E-state index in [-0.39, 0.29) is 0 Å². The van der Waals surface area contributed by atoms with Gasteiger partial charge in [0.05, 0.1) is 5.56 Å². The molecule has 0 saturated carbocycles. The van der Waals surface area contributed by atoms with Gasteiger partial charge in [-0.2, -0.15) is 0 Å². The van der Waals surface area contributed by atoms with E-state index < -0.39 is 6.10 Å². The molecule has 0 fully saturated rings. The SMILES string of the molecule is Cc1c(C2Oc3cc(OCc4ccccc4)cc(OCc4ccccc4)c3C=C2OCc2ccccc2)ccc(OCc2ccccc2)c1OCc1ccccc1. The highest BCUT2D eigenvalue weighted by molar-refractivity contribution is 5.71. The molecule has 6 heteroatoms. The molecule has 0 aliphatic carbocycles. The van der Waals surface area contributed by atoms with Gasteiger partial charge in [-0.05, 0) is 46.9 Å². The fraction of sp³-hybridized carbons (Fsp3) is 0.137. The molecule has 0 bridgehead atoms. The molecule has 0 aromatic heterocycles. The van der Waals surface area contributed by atoms with Gasteiger partial charge in [-0.25, -0.2) is 0 Å². The van der Waals surface area contributed by atoms with E-state index in [1.165, 1.54) is 0 Å². The molecule has 1 aliphatic heterocycles. The Balaban J connectivity index is 1.18. The van der Waals surface area contributed by atoms with Crippen LogP contribution in [0.5, 0.6) is 28.7 Å². The van der Waals surface area contributed by atoms with Gasteiger partial charge in [0.2, 0.25) is 0 Å². The molecule has 1 atom stereocenters. The van der Waals surface area contributed by atoms with Crippen LogP contribution >= 0.6 is 0 Å². The molecule has 1 unspecified atom stereocenters. The first-order valence-electron chi connectivity index (χ1n) is 19.2. The minimum absolute atomic E-state index is 0.356. The number of hydrogen-bond acceptors (Lipinski definition) is 6. The van der Waals surface area contributed by atoms with E-state index >= 15 is 0 Å². The van der Waals surface area contributed by atoms with Crippen LogP contribution < -0.4 is 23.7 Å². The highest BCUT2D eigenvalue weighted by Gasteiger charge is 2.32. The van der Waals surface area contributed by atoms with E-state index in [4.69, 9.17) is 28.4 Å². The summed E-state index contributed by atoms with van der Waals surface area (Å²) in [6.07, 6.45) is 1.42. The molecule has 7 aromatic rings. The Kier molecular flexibility index (Phi) is 11.8. The second-order valence-corrected chi connectivity index (χ2v) is 13.9. The highest BCUT2D eigenvalue weighted by atomic mass is 16.5. The second kappa shape index (κ2) is 18.1. The van der Waals surface area contributed by atoms with Gasteiger partial charge in [-0.3, -0.25) is 0 Å². The molecule has 0 N–H and O–H groups in total. The Hall–Kier alpha value is -6.92. The summed E-state index contributed by atoms with van der Waals surface area (Å²) in [5.74, 6) is 3.83. The predicted octanol–water partition coefficient (Wildman–Crippen LogP) is 12.0. The zero-order chi connectivity index (χ0) is 38.7. The van der Waals surface area contributed by atoms with Crippen molar-refractivity contribution in [3.63, 3.8) is 0 Å². The van der Waals surface area contributed by atoms with Gasteiger partial charge in [0.1, 0.15) is 56.0 Å². The van der Waals surface area contributed by atoms with Crippen molar-refractivity contribution in [2.45, 2.75) is 46.1 Å². The van der Waals surface area contributed by atoms with Gasteiger partial charge >= 0.3 is 0 Å². The van der Waals surface area contributed by atoms with Crippen molar-refractivity contribution in [2.75, 3.05) is 0 Å². The lowest BCUT2D eigenvalue weighted by molar-refractivity contribution is 0.106. The maximum Gasteiger partial charge on any atom is 0.181 e. The molecule has 1 aliphatic rings. The molecule has 0 amide bonds. The summed E-state index contributed by atoms with van der Waals surface area (Å²) in [5, 5.41) is 0. The molecule has 6 nitrogen and oxygen atoms in total. The number of fused-ring (bicyclic) bond motifs is 1. The van der Waals surface area contributed by atoms with Crippen LogP contribution in [0.4, 0.5) is 0 Å². The van der Waals surface area contributed by atoms with E-state index in [1.54, 1.807) is 0 Å². The fourth-order valence-corrected chi connectivity index (χ4v) is 6.70. The summed E-state index contributed by atoms with van der Waals surface area (Å²) in [7, 11) is 0. The first-order valence-corrected chi connectivity index (χ1v) is 19.2. The average molecular weight is 753 g/mol. The van der Waals surface area contributed by atoms with Crippen LogP contribution in [0.25, 0.3) is 6.08 Å². The number of hydrogen-bond donors (Lipinski definition) is 0. The van der Waals surface area contributed by atoms with Crippen molar-refractivity contribution in [3.05, 3.63) is 226 Å². The Morgan fingerprint density at radius 2 is 0.877 bits per heavy atom. The molecular formula is C51H44O6. The monoisotopic (exact) mass is 752 g/mol. The lowest BCUT2D eigenvalue weighted by Crippen LogP contribution is -2.19. The summed E-state index contributed by atoms with van der Waals surface area (Å²) in [4.78, 5) is 0. The summed E-state index contributed by atoms with van der Waals surface area (Å²) >= 11 is 0. The van der Waals surface area contributed by atoms with Crippen LogP contribution in [0, 0.1) is 6.92 Å². The summed E-state index contributed by atoms with van der Waals surface area (Å²) in [6.45, 7) is 3.95. The Bertz CT molecular complexity index is 2380. The van der Waals surface area contributed by atoms with Crippen LogP contribution in [0.1, 0.15) is 50.6 Å². The molecule has 0 saturated heterocycles. The fourth-order valence-electron chi connectivity index (χ4n) is 6.70. The topological polar surface area (TPSA) is 55.4 Å². The lowest BCUT2D eigenvalue weighted by atomic mass is 9.96. The van der Waals surface area contributed by atoms with E-state index in [2.05, 4.69) is 36.4 Å².